The molecule has 0 saturated carbocycles. The molecular formula is C12H9ClN2O2S. The molecule has 0 aliphatic carbocycles. The van der Waals surface area contributed by atoms with E-state index in [1.165, 1.54) is 18.3 Å². The van der Waals surface area contributed by atoms with Crippen LogP contribution in [0.3, 0.4) is 0 Å². The van der Waals surface area contributed by atoms with Crippen LogP contribution in [0.4, 0.5) is 0 Å². The van der Waals surface area contributed by atoms with Gasteiger partial charge in [-0.1, -0.05) is 29.8 Å². The number of aromatic nitrogens is 1. The van der Waals surface area contributed by atoms with E-state index in [0.29, 0.717) is 10.7 Å². The molecule has 0 aliphatic heterocycles. The topological polar surface area (TPSA) is 59.4 Å². The zero-order valence-corrected chi connectivity index (χ0v) is 10.8. The number of halogens is 1. The highest BCUT2D eigenvalue weighted by Gasteiger charge is 2.10. The number of rotatable bonds is 3. The first-order valence-electron chi connectivity index (χ1n) is 5.05. The van der Waals surface area contributed by atoms with Gasteiger partial charge in [0.1, 0.15) is 5.69 Å². The van der Waals surface area contributed by atoms with Gasteiger partial charge in [0.25, 0.3) is 10.0 Å². The van der Waals surface area contributed by atoms with Gasteiger partial charge in [-0.05, 0) is 24.3 Å². The number of sulfonamides is 1. The molecule has 0 atom stereocenters. The van der Waals surface area contributed by atoms with Gasteiger partial charge >= 0.3 is 0 Å². The lowest BCUT2D eigenvalue weighted by atomic mass is 10.4. The molecular weight excluding hydrogens is 272 g/mol. The Hall–Kier alpha value is -1.72. The standard InChI is InChI=1S/C12H9ClN2O2S/c13-11-7-4-8-14-12(11)9-15-18(16,17)10-5-2-1-3-6-10/h1-9H. The molecule has 0 fully saturated rings. The second-order valence-electron chi connectivity index (χ2n) is 3.39. The van der Waals surface area contributed by atoms with Gasteiger partial charge in [0.2, 0.25) is 0 Å². The Bertz CT molecular complexity index is 669. The van der Waals surface area contributed by atoms with E-state index in [-0.39, 0.29) is 4.90 Å². The van der Waals surface area contributed by atoms with Gasteiger partial charge in [-0.2, -0.15) is 12.8 Å². The van der Waals surface area contributed by atoms with E-state index in [9.17, 15) is 8.42 Å². The Morgan fingerprint density at radius 2 is 1.83 bits per heavy atom. The van der Waals surface area contributed by atoms with Crippen LogP contribution in [-0.4, -0.2) is 19.6 Å². The first kappa shape index (κ1) is 12.7. The van der Waals surface area contributed by atoms with Gasteiger partial charge in [0, 0.05) is 6.20 Å². The Morgan fingerprint density at radius 3 is 2.50 bits per heavy atom. The summed E-state index contributed by atoms with van der Waals surface area (Å²) in [7, 11) is -3.70. The minimum absolute atomic E-state index is 0.133. The van der Waals surface area contributed by atoms with Crippen molar-refractivity contribution in [1.29, 1.82) is 0 Å². The Labute approximate surface area is 110 Å². The van der Waals surface area contributed by atoms with Gasteiger partial charge in [-0.15, -0.1) is 0 Å². The maximum atomic E-state index is 11.8. The second kappa shape index (κ2) is 5.29. The average molecular weight is 281 g/mol. The first-order chi connectivity index (χ1) is 8.59. The van der Waals surface area contributed by atoms with E-state index in [1.807, 2.05) is 0 Å². The van der Waals surface area contributed by atoms with Crippen molar-refractivity contribution < 1.29 is 8.42 Å². The highest BCUT2D eigenvalue weighted by Crippen LogP contribution is 2.13. The monoisotopic (exact) mass is 280 g/mol. The lowest BCUT2D eigenvalue weighted by molar-refractivity contribution is 0.598. The molecule has 0 amide bonds. The molecule has 0 spiro atoms. The molecule has 18 heavy (non-hydrogen) atoms. The molecule has 0 bridgehead atoms. The lowest BCUT2D eigenvalue weighted by Gasteiger charge is -1.98. The highest BCUT2D eigenvalue weighted by molar-refractivity contribution is 7.90. The predicted octanol–water partition coefficient (Wildman–Crippen LogP) is 2.54. The quantitative estimate of drug-likeness (QED) is 0.812. The number of pyridine rings is 1. The molecule has 1 aromatic carbocycles. The number of nitrogens with zero attached hydrogens (tertiary/aromatic N) is 2. The van der Waals surface area contributed by atoms with Gasteiger partial charge < -0.3 is 0 Å². The zero-order chi connectivity index (χ0) is 13.0. The maximum Gasteiger partial charge on any atom is 0.282 e. The first-order valence-corrected chi connectivity index (χ1v) is 6.87. The number of benzene rings is 1. The zero-order valence-electron chi connectivity index (χ0n) is 9.19. The summed E-state index contributed by atoms with van der Waals surface area (Å²) >= 11 is 5.85. The normalized spacial score (nSPS) is 11.8. The van der Waals surface area contributed by atoms with Crippen LogP contribution in [0.1, 0.15) is 5.69 Å². The van der Waals surface area contributed by atoms with Crippen LogP contribution in [0.2, 0.25) is 5.02 Å². The lowest BCUT2D eigenvalue weighted by Crippen LogP contribution is -1.98. The van der Waals surface area contributed by atoms with E-state index in [4.69, 9.17) is 11.6 Å². The predicted molar refractivity (Wildman–Crippen MR) is 70.5 cm³/mol. The third-order valence-electron chi connectivity index (χ3n) is 2.14. The molecule has 0 aliphatic rings. The maximum absolute atomic E-state index is 11.8. The van der Waals surface area contributed by atoms with E-state index >= 15 is 0 Å². The van der Waals surface area contributed by atoms with Crippen LogP contribution >= 0.6 is 11.6 Å². The summed E-state index contributed by atoms with van der Waals surface area (Å²) in [4.78, 5) is 4.06. The van der Waals surface area contributed by atoms with Gasteiger partial charge in [0.05, 0.1) is 16.1 Å². The fraction of sp³-hybridized carbons (Fsp3) is 0. The molecule has 6 heteroatoms. The van der Waals surface area contributed by atoms with Crippen LogP contribution in [-0.2, 0) is 10.0 Å². The third kappa shape index (κ3) is 2.94. The van der Waals surface area contributed by atoms with Crippen LogP contribution in [0.5, 0.6) is 0 Å². The summed E-state index contributed by atoms with van der Waals surface area (Å²) < 4.78 is 27.3. The molecule has 92 valence electrons. The van der Waals surface area contributed by atoms with Crippen molar-refractivity contribution in [3.8, 4) is 0 Å². The Morgan fingerprint density at radius 1 is 1.11 bits per heavy atom. The molecule has 1 aromatic heterocycles. The molecule has 0 saturated heterocycles. The van der Waals surface area contributed by atoms with E-state index in [1.54, 1.807) is 30.3 Å². The van der Waals surface area contributed by atoms with E-state index < -0.39 is 10.0 Å². The summed E-state index contributed by atoms with van der Waals surface area (Å²) in [5.74, 6) is 0. The van der Waals surface area contributed by atoms with Crippen LogP contribution in [0, 0.1) is 0 Å². The van der Waals surface area contributed by atoms with Crippen LogP contribution in [0.25, 0.3) is 0 Å². The van der Waals surface area contributed by atoms with Crippen molar-refractivity contribution in [2.24, 2.45) is 4.40 Å². The summed E-state index contributed by atoms with van der Waals surface area (Å²) in [5, 5.41) is 0.351. The van der Waals surface area contributed by atoms with Crippen molar-refractivity contribution in [3.63, 3.8) is 0 Å². The highest BCUT2D eigenvalue weighted by atomic mass is 35.5. The minimum atomic E-state index is -3.70. The molecule has 0 radical (unpaired) electrons. The van der Waals surface area contributed by atoms with Crippen molar-refractivity contribution in [3.05, 3.63) is 59.4 Å². The van der Waals surface area contributed by atoms with E-state index in [2.05, 4.69) is 9.38 Å². The Kier molecular flexibility index (Phi) is 3.74. The van der Waals surface area contributed by atoms with Crippen LogP contribution in [0.15, 0.2) is 58.0 Å². The molecule has 0 N–H and O–H groups in total. The fourth-order valence-electron chi connectivity index (χ4n) is 1.27. The van der Waals surface area contributed by atoms with E-state index in [0.717, 1.165) is 6.21 Å². The van der Waals surface area contributed by atoms with Gasteiger partial charge in [-0.25, -0.2) is 0 Å². The summed E-state index contributed by atoms with van der Waals surface area (Å²) in [6.45, 7) is 0. The largest absolute Gasteiger partial charge is 0.282 e. The Balaban J connectivity index is 2.32. The summed E-state index contributed by atoms with van der Waals surface area (Å²) in [6.07, 6.45) is 2.66. The molecule has 2 aromatic rings. The second-order valence-corrected chi connectivity index (χ2v) is 5.43. The summed E-state index contributed by atoms with van der Waals surface area (Å²) in [5.41, 5.74) is 0.318. The van der Waals surface area contributed by atoms with Crippen molar-refractivity contribution in [2.75, 3.05) is 0 Å². The number of hydrogen-bond donors (Lipinski definition) is 0. The minimum Gasteiger partial charge on any atom is -0.254 e. The van der Waals surface area contributed by atoms with Crippen molar-refractivity contribution >= 4 is 27.8 Å². The van der Waals surface area contributed by atoms with Crippen LogP contribution < -0.4 is 0 Å². The molecule has 4 nitrogen and oxygen atoms in total. The third-order valence-corrected chi connectivity index (χ3v) is 3.71. The summed E-state index contributed by atoms with van der Waals surface area (Å²) in [6, 6.07) is 11.2. The van der Waals surface area contributed by atoms with Gasteiger partial charge in [-0.3, -0.25) is 4.98 Å². The average Bonchev–Trinajstić information content (AvgIpc) is 2.39. The number of hydrogen-bond acceptors (Lipinski definition) is 3. The smallest absolute Gasteiger partial charge is 0.254 e. The van der Waals surface area contributed by atoms with Crippen molar-refractivity contribution in [1.82, 2.24) is 4.98 Å². The molecule has 0 unspecified atom stereocenters. The fourth-order valence-corrected chi connectivity index (χ4v) is 2.30. The van der Waals surface area contributed by atoms with Crippen molar-refractivity contribution in [2.45, 2.75) is 4.90 Å². The molecule has 1 heterocycles. The molecule has 2 rings (SSSR count). The van der Waals surface area contributed by atoms with Gasteiger partial charge in [0.15, 0.2) is 0 Å². The SMILES string of the molecule is O=S(=O)(N=Cc1ncccc1Cl)c1ccccc1.